The zero-order valence-electron chi connectivity index (χ0n) is 17.2. The second-order valence-electron chi connectivity index (χ2n) is 7.90. The molecule has 0 saturated carbocycles. The van der Waals surface area contributed by atoms with E-state index in [9.17, 15) is 4.79 Å². The predicted molar refractivity (Wildman–Crippen MR) is 118 cm³/mol. The van der Waals surface area contributed by atoms with E-state index in [0.29, 0.717) is 13.0 Å². The summed E-state index contributed by atoms with van der Waals surface area (Å²) in [5, 5.41) is 9.87. The number of aromatic nitrogens is 1. The highest BCUT2D eigenvalue weighted by Crippen LogP contribution is 2.42. The second-order valence-corrected chi connectivity index (χ2v) is 7.90. The quantitative estimate of drug-likeness (QED) is 0.410. The van der Waals surface area contributed by atoms with Gasteiger partial charge in [-0.3, -0.25) is 4.90 Å². The number of nitrogens with one attached hydrogen (secondary N) is 1. The fraction of sp³-hybridized carbons (Fsp3) is 0.240. The molecule has 0 spiro atoms. The van der Waals surface area contributed by atoms with Gasteiger partial charge in [0.2, 0.25) is 0 Å². The van der Waals surface area contributed by atoms with Gasteiger partial charge in [-0.1, -0.05) is 24.3 Å². The van der Waals surface area contributed by atoms with Gasteiger partial charge in [-0.05, 0) is 55.2 Å². The Hall–Kier alpha value is -3.25. The molecule has 2 aromatic carbocycles. The Morgan fingerprint density at radius 1 is 1.29 bits per heavy atom. The van der Waals surface area contributed by atoms with Crippen molar-refractivity contribution in [1.29, 1.82) is 0 Å². The Morgan fingerprint density at radius 3 is 2.68 bits per heavy atom. The van der Waals surface area contributed by atoms with Crippen LogP contribution in [0.2, 0.25) is 0 Å². The van der Waals surface area contributed by atoms with E-state index in [2.05, 4.69) is 23.4 Å². The number of carbonyl (C=O) groups is 1. The number of fused-ring (bicyclic) bond motifs is 3. The number of H-pyrrole nitrogens is 1. The van der Waals surface area contributed by atoms with Crippen molar-refractivity contribution >= 4 is 22.9 Å². The highest BCUT2D eigenvalue weighted by Gasteiger charge is 2.38. The standard InChI is InChI=1S/C25H24F2N2O2/c1-3-4-11-29-15(2)12-18-17-7-5-6-8-21(17)28-24(18)25(29)23-19(26)13-16(14-20(23)27)9-10-22(30)31/h3,5-10,13-15,25,28H,1,4,11-12H2,2H3,(H,30,31)/b10-9+/t15-,25-/m0/s1. The van der Waals surface area contributed by atoms with Gasteiger partial charge >= 0.3 is 5.97 Å². The summed E-state index contributed by atoms with van der Waals surface area (Å²) in [4.78, 5) is 16.3. The molecule has 0 saturated heterocycles. The van der Waals surface area contributed by atoms with Crippen LogP contribution in [0.4, 0.5) is 8.78 Å². The SMILES string of the molecule is C=CCCN1[C@@H](c2c(F)cc(/C=C/C(=O)O)cc2F)c2[nH]c3ccccc3c2C[C@@H]1C. The first kappa shape index (κ1) is 21.0. The Balaban J connectivity index is 1.89. The second kappa shape index (κ2) is 8.47. The van der Waals surface area contributed by atoms with E-state index in [1.54, 1.807) is 6.08 Å². The maximum Gasteiger partial charge on any atom is 0.328 e. The highest BCUT2D eigenvalue weighted by molar-refractivity contribution is 5.86. The number of carboxylic acids is 1. The van der Waals surface area contributed by atoms with Crippen LogP contribution < -0.4 is 0 Å². The summed E-state index contributed by atoms with van der Waals surface area (Å²) < 4.78 is 30.6. The number of carboxylic acid groups (broad SMARTS) is 1. The smallest absolute Gasteiger partial charge is 0.328 e. The number of benzene rings is 2. The van der Waals surface area contributed by atoms with Crippen molar-refractivity contribution in [1.82, 2.24) is 9.88 Å². The monoisotopic (exact) mass is 422 g/mol. The van der Waals surface area contributed by atoms with Crippen LogP contribution in [0.25, 0.3) is 17.0 Å². The molecule has 6 heteroatoms. The first-order valence-electron chi connectivity index (χ1n) is 10.3. The number of aliphatic carboxylic acids is 1. The minimum atomic E-state index is -1.18. The third-order valence-corrected chi connectivity index (χ3v) is 5.90. The number of aromatic amines is 1. The molecule has 4 nitrogen and oxygen atoms in total. The van der Waals surface area contributed by atoms with Crippen LogP contribution in [0.15, 0.2) is 55.1 Å². The lowest BCUT2D eigenvalue weighted by molar-refractivity contribution is -0.131. The number of para-hydroxylation sites is 1. The molecule has 3 aromatic rings. The van der Waals surface area contributed by atoms with Gasteiger partial charge in [-0.15, -0.1) is 6.58 Å². The first-order chi connectivity index (χ1) is 14.9. The van der Waals surface area contributed by atoms with Gasteiger partial charge in [-0.25, -0.2) is 13.6 Å². The molecule has 2 atom stereocenters. The third-order valence-electron chi connectivity index (χ3n) is 5.90. The molecule has 0 radical (unpaired) electrons. The normalized spacial score (nSPS) is 19.1. The molecule has 0 amide bonds. The molecule has 0 aliphatic carbocycles. The van der Waals surface area contributed by atoms with E-state index in [-0.39, 0.29) is 17.2 Å². The lowest BCUT2D eigenvalue weighted by Gasteiger charge is -2.41. The summed E-state index contributed by atoms with van der Waals surface area (Å²) in [5.74, 6) is -2.57. The van der Waals surface area contributed by atoms with E-state index in [1.165, 1.54) is 18.2 Å². The number of rotatable bonds is 6. The molecule has 0 unspecified atom stereocenters. The van der Waals surface area contributed by atoms with Crippen molar-refractivity contribution in [3.8, 4) is 0 Å². The van der Waals surface area contributed by atoms with Crippen LogP contribution in [0.1, 0.15) is 41.8 Å². The van der Waals surface area contributed by atoms with Crippen molar-refractivity contribution in [2.45, 2.75) is 31.8 Å². The Morgan fingerprint density at radius 2 is 2.00 bits per heavy atom. The third kappa shape index (κ3) is 3.91. The largest absolute Gasteiger partial charge is 0.478 e. The van der Waals surface area contributed by atoms with Gasteiger partial charge in [0.05, 0.1) is 6.04 Å². The molecule has 31 heavy (non-hydrogen) atoms. The van der Waals surface area contributed by atoms with Crippen molar-refractivity contribution in [3.05, 3.63) is 89.1 Å². The molecule has 1 aliphatic heterocycles. The topological polar surface area (TPSA) is 56.3 Å². The molecule has 0 bridgehead atoms. The Kier molecular flexibility index (Phi) is 5.74. The van der Waals surface area contributed by atoms with Crippen LogP contribution in [-0.4, -0.2) is 33.5 Å². The molecule has 0 fully saturated rings. The molecule has 160 valence electrons. The van der Waals surface area contributed by atoms with E-state index >= 15 is 8.78 Å². The van der Waals surface area contributed by atoms with Gasteiger partial charge in [-0.2, -0.15) is 0 Å². The van der Waals surface area contributed by atoms with Crippen LogP contribution in [0, 0.1) is 11.6 Å². The van der Waals surface area contributed by atoms with Crippen molar-refractivity contribution in [2.24, 2.45) is 0 Å². The maximum absolute atomic E-state index is 15.3. The molecule has 1 aromatic heterocycles. The maximum atomic E-state index is 15.3. The Bertz CT molecular complexity index is 1160. The summed E-state index contributed by atoms with van der Waals surface area (Å²) in [5.41, 5.74) is 2.96. The van der Waals surface area contributed by atoms with Gasteiger partial charge in [0, 0.05) is 40.8 Å². The van der Waals surface area contributed by atoms with Crippen LogP contribution in [-0.2, 0) is 11.2 Å². The number of nitrogens with zero attached hydrogens (tertiary/aromatic N) is 1. The van der Waals surface area contributed by atoms with Gasteiger partial charge in [0.15, 0.2) is 0 Å². The molecule has 2 heterocycles. The minimum Gasteiger partial charge on any atom is -0.478 e. The molecule has 4 rings (SSSR count). The number of halogens is 2. The highest BCUT2D eigenvalue weighted by atomic mass is 19.1. The molecule has 1 aliphatic rings. The summed E-state index contributed by atoms with van der Waals surface area (Å²) in [7, 11) is 0. The van der Waals surface area contributed by atoms with Crippen LogP contribution in [0.3, 0.4) is 0 Å². The predicted octanol–water partition coefficient (Wildman–Crippen LogP) is 5.46. The lowest BCUT2D eigenvalue weighted by atomic mass is 9.87. The molecular formula is C25H24F2N2O2. The zero-order valence-corrected chi connectivity index (χ0v) is 17.2. The van der Waals surface area contributed by atoms with Crippen molar-refractivity contribution < 1.29 is 18.7 Å². The van der Waals surface area contributed by atoms with Gasteiger partial charge < -0.3 is 10.1 Å². The fourth-order valence-corrected chi connectivity index (χ4v) is 4.54. The lowest BCUT2D eigenvalue weighted by Crippen LogP contribution is -2.43. The average molecular weight is 422 g/mol. The van der Waals surface area contributed by atoms with Gasteiger partial charge in [0.25, 0.3) is 0 Å². The van der Waals surface area contributed by atoms with E-state index < -0.39 is 23.6 Å². The zero-order chi connectivity index (χ0) is 22.1. The Labute approximate surface area is 179 Å². The molecule has 2 N–H and O–H groups in total. The van der Waals surface area contributed by atoms with E-state index in [0.717, 1.165) is 34.7 Å². The van der Waals surface area contributed by atoms with Gasteiger partial charge in [0.1, 0.15) is 11.6 Å². The average Bonchev–Trinajstić information content (AvgIpc) is 3.09. The van der Waals surface area contributed by atoms with Crippen molar-refractivity contribution in [3.63, 3.8) is 0 Å². The first-order valence-corrected chi connectivity index (χ1v) is 10.3. The summed E-state index contributed by atoms with van der Waals surface area (Å²) in [6, 6.07) is 9.71. The van der Waals surface area contributed by atoms with E-state index in [1.807, 2.05) is 24.3 Å². The van der Waals surface area contributed by atoms with Crippen LogP contribution >= 0.6 is 0 Å². The van der Waals surface area contributed by atoms with E-state index in [4.69, 9.17) is 5.11 Å². The van der Waals surface area contributed by atoms with Crippen molar-refractivity contribution in [2.75, 3.05) is 6.54 Å². The number of hydrogen-bond donors (Lipinski definition) is 2. The fourth-order valence-electron chi connectivity index (χ4n) is 4.54. The summed E-state index contributed by atoms with van der Waals surface area (Å²) in [6.45, 7) is 6.47. The van der Waals surface area contributed by atoms with Crippen LogP contribution in [0.5, 0.6) is 0 Å². The summed E-state index contributed by atoms with van der Waals surface area (Å²) >= 11 is 0. The minimum absolute atomic E-state index is 0.0316. The summed E-state index contributed by atoms with van der Waals surface area (Å²) in [6.07, 6.45) is 5.32. The number of hydrogen-bond acceptors (Lipinski definition) is 2. The molecular weight excluding hydrogens is 398 g/mol.